The first-order valence-electron chi connectivity index (χ1n) is 6.65. The summed E-state index contributed by atoms with van der Waals surface area (Å²) in [5.74, 6) is -0.543. The number of halogens is 2. The summed E-state index contributed by atoms with van der Waals surface area (Å²) < 4.78 is 27.0. The Morgan fingerprint density at radius 3 is 2.67 bits per heavy atom. The normalized spacial score (nSPS) is 25.8. The van der Waals surface area contributed by atoms with E-state index in [0.29, 0.717) is 11.6 Å². The quantitative estimate of drug-likeness (QED) is 0.859. The van der Waals surface area contributed by atoms with Crippen LogP contribution in [0.3, 0.4) is 0 Å². The van der Waals surface area contributed by atoms with Crippen LogP contribution in [0.2, 0.25) is 0 Å². The van der Waals surface area contributed by atoms with Gasteiger partial charge >= 0.3 is 0 Å². The average Bonchev–Trinajstić information content (AvgIpc) is 2.32. The number of hydrogen-bond acceptors (Lipinski definition) is 1. The zero-order valence-electron chi connectivity index (χ0n) is 11.3. The fourth-order valence-corrected chi connectivity index (χ4v) is 2.90. The zero-order valence-corrected chi connectivity index (χ0v) is 11.3. The maximum absolute atomic E-state index is 13.8. The molecular formula is C15H21F2N. The van der Waals surface area contributed by atoms with E-state index >= 15 is 0 Å². The van der Waals surface area contributed by atoms with Crippen molar-refractivity contribution in [1.29, 1.82) is 0 Å². The lowest BCUT2D eigenvalue weighted by atomic mass is 9.56. The largest absolute Gasteiger partial charge is 0.313 e. The third-order valence-electron chi connectivity index (χ3n) is 4.24. The van der Waals surface area contributed by atoms with E-state index < -0.39 is 0 Å². The smallest absolute Gasteiger partial charge is 0.126 e. The molecule has 1 aliphatic carbocycles. The van der Waals surface area contributed by atoms with Crippen molar-refractivity contribution in [2.24, 2.45) is 5.41 Å². The molecule has 0 bridgehead atoms. The first kappa shape index (κ1) is 13.5. The Morgan fingerprint density at radius 2 is 2.06 bits per heavy atom. The maximum Gasteiger partial charge on any atom is 0.126 e. The summed E-state index contributed by atoms with van der Waals surface area (Å²) in [5, 5.41) is 3.48. The lowest BCUT2D eigenvalue weighted by molar-refractivity contribution is 0.0670. The third-order valence-corrected chi connectivity index (χ3v) is 4.24. The van der Waals surface area contributed by atoms with Crippen LogP contribution < -0.4 is 5.32 Å². The maximum atomic E-state index is 13.8. The minimum absolute atomic E-state index is 0.0240. The molecule has 0 saturated heterocycles. The fourth-order valence-electron chi connectivity index (χ4n) is 2.90. The highest BCUT2D eigenvalue weighted by atomic mass is 19.1. The van der Waals surface area contributed by atoms with Crippen molar-refractivity contribution in [2.75, 3.05) is 6.54 Å². The Kier molecular flexibility index (Phi) is 3.71. The first-order valence-corrected chi connectivity index (χ1v) is 6.65. The topological polar surface area (TPSA) is 12.0 Å². The van der Waals surface area contributed by atoms with Gasteiger partial charge in [-0.3, -0.25) is 0 Å². The Labute approximate surface area is 108 Å². The van der Waals surface area contributed by atoms with Gasteiger partial charge in [-0.1, -0.05) is 20.8 Å². The van der Waals surface area contributed by atoms with E-state index in [9.17, 15) is 8.78 Å². The second kappa shape index (κ2) is 4.96. The fraction of sp³-hybridized carbons (Fsp3) is 0.600. The first-order chi connectivity index (χ1) is 8.46. The van der Waals surface area contributed by atoms with Gasteiger partial charge in [0.2, 0.25) is 0 Å². The van der Waals surface area contributed by atoms with E-state index in [0.717, 1.165) is 19.4 Å². The lowest BCUT2D eigenvalue weighted by Crippen LogP contribution is -2.55. The van der Waals surface area contributed by atoms with Crippen molar-refractivity contribution in [3.8, 4) is 0 Å². The van der Waals surface area contributed by atoms with Crippen LogP contribution in [-0.4, -0.2) is 12.6 Å². The molecule has 0 amide bonds. The second-order valence-corrected chi connectivity index (χ2v) is 5.78. The molecule has 1 saturated carbocycles. The van der Waals surface area contributed by atoms with Gasteiger partial charge in [0.25, 0.3) is 0 Å². The molecule has 2 unspecified atom stereocenters. The van der Waals surface area contributed by atoms with Gasteiger partial charge in [-0.25, -0.2) is 8.78 Å². The molecule has 3 heteroatoms. The third kappa shape index (κ3) is 2.28. The highest BCUT2D eigenvalue weighted by Gasteiger charge is 2.49. The molecule has 1 aromatic carbocycles. The van der Waals surface area contributed by atoms with E-state index in [2.05, 4.69) is 26.1 Å². The van der Waals surface area contributed by atoms with Crippen LogP contribution in [0.4, 0.5) is 8.78 Å². The zero-order chi connectivity index (χ0) is 13.3. The molecule has 1 N–H and O–H groups in total. The van der Waals surface area contributed by atoms with E-state index in [1.807, 2.05) is 0 Å². The minimum Gasteiger partial charge on any atom is -0.313 e. The van der Waals surface area contributed by atoms with Gasteiger partial charge in [0, 0.05) is 6.04 Å². The van der Waals surface area contributed by atoms with Gasteiger partial charge in [0.05, 0.1) is 0 Å². The highest BCUT2D eigenvalue weighted by Crippen LogP contribution is 2.53. The van der Waals surface area contributed by atoms with Crippen molar-refractivity contribution in [3.63, 3.8) is 0 Å². The lowest BCUT2D eigenvalue weighted by Gasteiger charge is -2.53. The van der Waals surface area contributed by atoms with Crippen molar-refractivity contribution >= 4 is 0 Å². The molecule has 1 aromatic rings. The molecule has 18 heavy (non-hydrogen) atoms. The Morgan fingerprint density at radius 1 is 1.33 bits per heavy atom. The summed E-state index contributed by atoms with van der Waals surface area (Å²) in [4.78, 5) is 0. The van der Waals surface area contributed by atoms with Crippen LogP contribution in [0.5, 0.6) is 0 Å². The van der Waals surface area contributed by atoms with Gasteiger partial charge in [0.15, 0.2) is 0 Å². The van der Waals surface area contributed by atoms with Crippen molar-refractivity contribution in [3.05, 3.63) is 35.4 Å². The molecule has 2 rings (SSSR count). The van der Waals surface area contributed by atoms with Crippen molar-refractivity contribution in [1.82, 2.24) is 5.32 Å². The van der Waals surface area contributed by atoms with Crippen LogP contribution in [0.25, 0.3) is 0 Å². The van der Waals surface area contributed by atoms with Crippen LogP contribution >= 0.6 is 0 Å². The predicted molar refractivity (Wildman–Crippen MR) is 69.6 cm³/mol. The standard InChI is InChI=1S/C15H21F2N/c1-4-7-18-14-9-12(15(14,2)3)11-8-10(16)5-6-13(11)17/h5-6,8,12,14,18H,4,7,9H2,1-3H3. The van der Waals surface area contributed by atoms with Crippen LogP contribution in [0, 0.1) is 17.0 Å². The SMILES string of the molecule is CCCNC1CC(c2cc(F)ccc2F)C1(C)C. The van der Waals surface area contributed by atoms with Crippen LogP contribution in [0.1, 0.15) is 45.1 Å². The Balaban J connectivity index is 2.14. The monoisotopic (exact) mass is 253 g/mol. The molecule has 0 spiro atoms. The average molecular weight is 253 g/mol. The predicted octanol–water partition coefficient (Wildman–Crippen LogP) is 3.85. The summed E-state index contributed by atoms with van der Waals surface area (Å²) in [6, 6.07) is 4.15. The summed E-state index contributed by atoms with van der Waals surface area (Å²) in [5.41, 5.74) is 0.499. The molecule has 1 aliphatic rings. The summed E-state index contributed by atoms with van der Waals surface area (Å²) in [7, 11) is 0. The van der Waals surface area contributed by atoms with Crippen molar-refractivity contribution < 1.29 is 8.78 Å². The highest BCUT2D eigenvalue weighted by molar-refractivity contribution is 5.29. The molecule has 2 atom stereocenters. The van der Waals surface area contributed by atoms with E-state index in [-0.39, 0.29) is 23.0 Å². The van der Waals surface area contributed by atoms with Crippen LogP contribution in [0.15, 0.2) is 18.2 Å². The molecule has 100 valence electrons. The number of benzene rings is 1. The van der Waals surface area contributed by atoms with Gasteiger partial charge in [-0.05, 0) is 54.5 Å². The van der Waals surface area contributed by atoms with Crippen molar-refractivity contribution in [2.45, 2.75) is 45.6 Å². The van der Waals surface area contributed by atoms with E-state index in [1.165, 1.54) is 18.2 Å². The van der Waals surface area contributed by atoms with Crippen LogP contribution in [-0.2, 0) is 0 Å². The Bertz CT molecular complexity index is 429. The minimum atomic E-state index is -0.354. The molecule has 1 fully saturated rings. The number of nitrogens with one attached hydrogen (secondary N) is 1. The van der Waals surface area contributed by atoms with E-state index in [1.54, 1.807) is 0 Å². The van der Waals surface area contributed by atoms with E-state index in [4.69, 9.17) is 0 Å². The molecule has 0 aromatic heterocycles. The molecule has 0 radical (unpaired) electrons. The Hall–Kier alpha value is -0.960. The molecule has 1 nitrogen and oxygen atoms in total. The summed E-state index contributed by atoms with van der Waals surface area (Å²) in [6.07, 6.45) is 1.97. The van der Waals surface area contributed by atoms with Gasteiger partial charge < -0.3 is 5.32 Å². The summed E-state index contributed by atoms with van der Waals surface area (Å²) >= 11 is 0. The van der Waals surface area contributed by atoms with Gasteiger partial charge in [-0.15, -0.1) is 0 Å². The molecular weight excluding hydrogens is 232 g/mol. The van der Waals surface area contributed by atoms with Gasteiger partial charge in [-0.2, -0.15) is 0 Å². The second-order valence-electron chi connectivity index (χ2n) is 5.78. The van der Waals surface area contributed by atoms with Gasteiger partial charge in [0.1, 0.15) is 11.6 Å². The number of rotatable bonds is 4. The molecule has 0 heterocycles. The number of hydrogen-bond donors (Lipinski definition) is 1. The molecule has 0 aliphatic heterocycles. The summed E-state index contributed by atoms with van der Waals surface area (Å²) in [6.45, 7) is 7.35.